The van der Waals surface area contributed by atoms with Gasteiger partial charge in [-0.1, -0.05) is 0 Å². The Morgan fingerprint density at radius 2 is 1.95 bits per heavy atom. The highest BCUT2D eigenvalue weighted by Gasteiger charge is 2.41. The normalized spacial score (nSPS) is 18.8. The molecule has 104 valence electrons. The van der Waals surface area contributed by atoms with Crippen LogP contribution < -0.4 is 10.2 Å². The molecule has 6 heteroatoms. The van der Waals surface area contributed by atoms with Crippen LogP contribution in [0.5, 0.6) is 0 Å². The van der Waals surface area contributed by atoms with E-state index in [0.29, 0.717) is 12.5 Å². The van der Waals surface area contributed by atoms with Crippen molar-refractivity contribution in [2.75, 3.05) is 32.1 Å². The lowest BCUT2D eigenvalue weighted by Gasteiger charge is -2.44. The molecule has 1 aromatic heterocycles. The molecule has 1 aliphatic heterocycles. The predicted octanol–water partition coefficient (Wildman–Crippen LogP) is 0.253. The molecule has 0 saturated carbocycles. The van der Waals surface area contributed by atoms with Crippen molar-refractivity contribution >= 4 is 11.9 Å². The average Bonchev–Trinajstić information content (AvgIpc) is 2.38. The molecule has 0 aliphatic carbocycles. The molecule has 2 rings (SSSR count). The predicted molar refractivity (Wildman–Crippen MR) is 73.9 cm³/mol. The number of likely N-dealkylation sites (N-methyl/N-ethyl adjacent to an activating group) is 1. The maximum absolute atomic E-state index is 12.2. The van der Waals surface area contributed by atoms with Gasteiger partial charge in [0.25, 0.3) is 0 Å². The first kappa shape index (κ1) is 13.7. The van der Waals surface area contributed by atoms with Gasteiger partial charge >= 0.3 is 0 Å². The van der Waals surface area contributed by atoms with Crippen LogP contribution in [0.2, 0.25) is 0 Å². The van der Waals surface area contributed by atoms with Crippen LogP contribution in [0.3, 0.4) is 0 Å². The van der Waals surface area contributed by atoms with E-state index in [1.54, 1.807) is 17.3 Å². The van der Waals surface area contributed by atoms with Gasteiger partial charge in [0.05, 0.1) is 0 Å². The van der Waals surface area contributed by atoms with Gasteiger partial charge in [-0.3, -0.25) is 4.79 Å². The molecule has 1 aliphatic rings. The molecule has 0 atom stereocenters. The number of nitrogens with one attached hydrogen (secondary N) is 1. The van der Waals surface area contributed by atoms with Crippen molar-refractivity contribution in [1.29, 1.82) is 0 Å². The summed E-state index contributed by atoms with van der Waals surface area (Å²) in [6.45, 7) is 6.02. The van der Waals surface area contributed by atoms with E-state index in [1.165, 1.54) is 0 Å². The first-order valence-corrected chi connectivity index (χ1v) is 6.45. The Labute approximate surface area is 113 Å². The molecule has 0 aromatic carbocycles. The Morgan fingerprint density at radius 3 is 2.53 bits per heavy atom. The molecular weight excluding hydrogens is 242 g/mol. The number of hydrogen-bond acceptors (Lipinski definition) is 5. The molecule has 0 spiro atoms. The van der Waals surface area contributed by atoms with Crippen molar-refractivity contribution in [3.63, 3.8) is 0 Å². The minimum Gasteiger partial charge on any atom is -0.342 e. The minimum absolute atomic E-state index is 0.0988. The van der Waals surface area contributed by atoms with Crippen LogP contribution in [-0.2, 0) is 11.3 Å². The van der Waals surface area contributed by atoms with Crippen LogP contribution in [0.15, 0.2) is 12.4 Å². The molecule has 1 saturated heterocycles. The second kappa shape index (κ2) is 5.13. The van der Waals surface area contributed by atoms with Crippen molar-refractivity contribution in [3.05, 3.63) is 18.0 Å². The molecule has 19 heavy (non-hydrogen) atoms. The summed E-state index contributed by atoms with van der Waals surface area (Å²) in [5.74, 6) is 0.716. The summed E-state index contributed by atoms with van der Waals surface area (Å²) in [6, 6.07) is 0. The lowest BCUT2D eigenvalue weighted by molar-refractivity contribution is -0.136. The third-order valence-electron chi connectivity index (χ3n) is 3.52. The summed E-state index contributed by atoms with van der Waals surface area (Å²) in [7, 11) is 3.72. The van der Waals surface area contributed by atoms with Gasteiger partial charge in [0.2, 0.25) is 11.9 Å². The van der Waals surface area contributed by atoms with E-state index in [4.69, 9.17) is 0 Å². The molecule has 2 heterocycles. The van der Waals surface area contributed by atoms with E-state index in [2.05, 4.69) is 15.3 Å². The lowest BCUT2D eigenvalue weighted by Crippen LogP contribution is -2.62. The maximum Gasteiger partial charge on any atom is 0.247 e. The zero-order valence-corrected chi connectivity index (χ0v) is 12.0. The van der Waals surface area contributed by atoms with E-state index in [9.17, 15) is 4.79 Å². The van der Waals surface area contributed by atoms with Crippen LogP contribution in [0.1, 0.15) is 19.4 Å². The van der Waals surface area contributed by atoms with E-state index in [0.717, 1.165) is 18.7 Å². The molecule has 1 aromatic rings. The number of carbonyl (C=O) groups is 1. The summed E-state index contributed by atoms with van der Waals surface area (Å²) in [4.78, 5) is 24.7. The number of aromatic nitrogens is 2. The zero-order chi connectivity index (χ0) is 14.0. The van der Waals surface area contributed by atoms with Crippen LogP contribution in [-0.4, -0.2) is 53.5 Å². The van der Waals surface area contributed by atoms with Crippen LogP contribution in [0.25, 0.3) is 0 Å². The number of carbonyl (C=O) groups excluding carboxylic acids is 1. The average molecular weight is 263 g/mol. The van der Waals surface area contributed by atoms with Crippen LogP contribution in [0, 0.1) is 0 Å². The van der Waals surface area contributed by atoms with Gasteiger partial charge in [-0.25, -0.2) is 9.97 Å². The number of rotatable bonds is 3. The number of nitrogens with zero attached hydrogens (tertiary/aromatic N) is 4. The van der Waals surface area contributed by atoms with E-state index >= 15 is 0 Å². The van der Waals surface area contributed by atoms with Crippen molar-refractivity contribution in [2.24, 2.45) is 0 Å². The molecule has 1 amide bonds. The Bertz CT molecular complexity index is 457. The van der Waals surface area contributed by atoms with E-state index in [1.807, 2.05) is 32.8 Å². The minimum atomic E-state index is -0.600. The third kappa shape index (κ3) is 2.53. The standard InChI is InChI=1S/C13H21N5O/c1-13(2)11(19)17(4)5-6-18(13)12-15-8-10(7-14-3)9-16-12/h8-9,14H,5-7H2,1-4H3. The van der Waals surface area contributed by atoms with Gasteiger partial charge in [0.15, 0.2) is 0 Å². The Balaban J connectivity index is 2.23. The second-order valence-electron chi connectivity index (χ2n) is 5.36. The molecule has 6 nitrogen and oxygen atoms in total. The maximum atomic E-state index is 12.2. The van der Waals surface area contributed by atoms with E-state index in [-0.39, 0.29) is 5.91 Å². The van der Waals surface area contributed by atoms with Crippen molar-refractivity contribution in [3.8, 4) is 0 Å². The van der Waals surface area contributed by atoms with Gasteiger partial charge in [-0.05, 0) is 20.9 Å². The fourth-order valence-corrected chi connectivity index (χ4v) is 2.35. The fourth-order valence-electron chi connectivity index (χ4n) is 2.35. The highest BCUT2D eigenvalue weighted by atomic mass is 16.2. The summed E-state index contributed by atoms with van der Waals surface area (Å²) in [5, 5.41) is 3.06. The van der Waals surface area contributed by atoms with Crippen LogP contribution >= 0.6 is 0 Å². The number of piperazine rings is 1. The lowest BCUT2D eigenvalue weighted by atomic mass is 9.98. The highest BCUT2D eigenvalue weighted by molar-refractivity contribution is 5.89. The highest BCUT2D eigenvalue weighted by Crippen LogP contribution is 2.25. The first-order valence-electron chi connectivity index (χ1n) is 6.45. The van der Waals surface area contributed by atoms with E-state index < -0.39 is 5.54 Å². The third-order valence-corrected chi connectivity index (χ3v) is 3.52. The van der Waals surface area contributed by atoms with Gasteiger partial charge in [0, 0.05) is 44.6 Å². The number of hydrogen-bond donors (Lipinski definition) is 1. The summed E-state index contributed by atoms with van der Waals surface area (Å²) < 4.78 is 0. The summed E-state index contributed by atoms with van der Waals surface area (Å²) >= 11 is 0. The summed E-state index contributed by atoms with van der Waals surface area (Å²) in [5.41, 5.74) is 0.432. The number of amides is 1. The Kier molecular flexibility index (Phi) is 3.71. The molecule has 1 fully saturated rings. The van der Waals surface area contributed by atoms with Crippen LogP contribution in [0.4, 0.5) is 5.95 Å². The van der Waals surface area contributed by atoms with Gasteiger partial charge in [-0.2, -0.15) is 0 Å². The van der Waals surface area contributed by atoms with Crippen molar-refractivity contribution < 1.29 is 4.79 Å². The molecule has 0 unspecified atom stereocenters. The Morgan fingerprint density at radius 1 is 1.32 bits per heavy atom. The first-order chi connectivity index (χ1) is 8.96. The fraction of sp³-hybridized carbons (Fsp3) is 0.615. The zero-order valence-electron chi connectivity index (χ0n) is 12.0. The second-order valence-corrected chi connectivity index (χ2v) is 5.36. The van der Waals surface area contributed by atoms with Gasteiger partial charge in [-0.15, -0.1) is 0 Å². The van der Waals surface area contributed by atoms with Gasteiger partial charge in [0.1, 0.15) is 5.54 Å². The molecular formula is C13H21N5O. The SMILES string of the molecule is CNCc1cnc(N2CCN(C)C(=O)C2(C)C)nc1. The molecule has 0 radical (unpaired) electrons. The summed E-state index contributed by atoms with van der Waals surface area (Å²) in [6.07, 6.45) is 3.61. The quantitative estimate of drug-likeness (QED) is 0.847. The monoisotopic (exact) mass is 263 g/mol. The van der Waals surface area contributed by atoms with Crippen molar-refractivity contribution in [1.82, 2.24) is 20.2 Å². The largest absolute Gasteiger partial charge is 0.342 e. The topological polar surface area (TPSA) is 61.4 Å². The Hall–Kier alpha value is -1.69. The van der Waals surface area contributed by atoms with Gasteiger partial charge < -0.3 is 15.1 Å². The molecule has 0 bridgehead atoms. The van der Waals surface area contributed by atoms with Crippen molar-refractivity contribution in [2.45, 2.75) is 25.9 Å². The smallest absolute Gasteiger partial charge is 0.247 e. The number of anilines is 1. The molecule has 1 N–H and O–H groups in total.